The van der Waals surface area contributed by atoms with E-state index in [0.29, 0.717) is 11.3 Å². The Morgan fingerprint density at radius 3 is 3.20 bits per heavy atom. The van der Waals surface area contributed by atoms with E-state index in [-0.39, 0.29) is 0 Å². The molecule has 0 bridgehead atoms. The van der Waals surface area contributed by atoms with E-state index < -0.39 is 0 Å². The van der Waals surface area contributed by atoms with Crippen molar-refractivity contribution in [2.75, 3.05) is 18.5 Å². The van der Waals surface area contributed by atoms with Gasteiger partial charge in [0.1, 0.15) is 17.3 Å². The summed E-state index contributed by atoms with van der Waals surface area (Å²) in [6, 6.07) is 1.72. The van der Waals surface area contributed by atoms with Crippen molar-refractivity contribution in [3.8, 4) is 0 Å². The third kappa shape index (κ3) is 3.32. The monoisotopic (exact) mass is 227 g/mol. The molecule has 2 heterocycles. The number of nitrogens with one attached hydrogen (secondary N) is 1. The van der Waals surface area contributed by atoms with E-state index >= 15 is 0 Å². The molecule has 0 amide bonds. The maximum Gasteiger partial charge on any atom is 0.134 e. The molecule has 1 saturated heterocycles. The van der Waals surface area contributed by atoms with Gasteiger partial charge in [0.2, 0.25) is 0 Å². The van der Waals surface area contributed by atoms with Crippen molar-refractivity contribution >= 4 is 17.4 Å². The zero-order valence-electron chi connectivity index (χ0n) is 8.45. The Bertz CT molecular complexity index is 315. The molecule has 0 aliphatic carbocycles. The Balaban J connectivity index is 1.73. The lowest BCUT2D eigenvalue weighted by atomic mass is 10.2. The molecule has 0 radical (unpaired) electrons. The summed E-state index contributed by atoms with van der Waals surface area (Å²) in [5.74, 6) is 0.771. The van der Waals surface area contributed by atoms with Crippen LogP contribution in [0.5, 0.6) is 0 Å². The van der Waals surface area contributed by atoms with Crippen LogP contribution in [0.3, 0.4) is 0 Å². The smallest absolute Gasteiger partial charge is 0.134 e. The number of hydrogen-bond donors (Lipinski definition) is 1. The van der Waals surface area contributed by atoms with Gasteiger partial charge in [0.25, 0.3) is 0 Å². The molecule has 1 unspecified atom stereocenters. The highest BCUT2D eigenvalue weighted by Crippen LogP contribution is 2.15. The summed E-state index contributed by atoms with van der Waals surface area (Å²) in [4.78, 5) is 7.87. The molecule has 1 aromatic rings. The Labute approximate surface area is 94.0 Å². The highest BCUT2D eigenvalue weighted by Gasteiger charge is 2.14. The van der Waals surface area contributed by atoms with Crippen LogP contribution in [0.4, 0.5) is 5.82 Å². The molecule has 1 fully saturated rings. The maximum absolute atomic E-state index is 5.74. The third-order valence-corrected chi connectivity index (χ3v) is 2.64. The first kappa shape index (κ1) is 10.6. The minimum Gasteiger partial charge on any atom is -0.378 e. The molecule has 0 spiro atoms. The van der Waals surface area contributed by atoms with Crippen LogP contribution in [-0.4, -0.2) is 29.2 Å². The van der Waals surface area contributed by atoms with Crippen molar-refractivity contribution in [3.63, 3.8) is 0 Å². The number of aromatic nitrogens is 2. The number of nitrogens with zero attached hydrogens (tertiary/aromatic N) is 2. The average molecular weight is 228 g/mol. The van der Waals surface area contributed by atoms with E-state index in [1.54, 1.807) is 6.07 Å². The van der Waals surface area contributed by atoms with E-state index in [9.17, 15) is 0 Å². The lowest BCUT2D eigenvalue weighted by Crippen LogP contribution is -2.13. The van der Waals surface area contributed by atoms with Crippen LogP contribution in [0.15, 0.2) is 12.4 Å². The van der Waals surface area contributed by atoms with Gasteiger partial charge in [-0.2, -0.15) is 0 Å². The molecule has 1 aromatic heterocycles. The van der Waals surface area contributed by atoms with E-state index in [1.807, 2.05) is 0 Å². The first-order valence-corrected chi connectivity index (χ1v) is 5.55. The second-order valence-electron chi connectivity index (χ2n) is 3.58. The van der Waals surface area contributed by atoms with Gasteiger partial charge in [-0.3, -0.25) is 0 Å². The largest absolute Gasteiger partial charge is 0.378 e. The van der Waals surface area contributed by atoms with Crippen LogP contribution in [0.25, 0.3) is 0 Å². The van der Waals surface area contributed by atoms with Gasteiger partial charge in [-0.25, -0.2) is 9.97 Å². The second kappa shape index (κ2) is 5.28. The number of rotatable bonds is 4. The van der Waals surface area contributed by atoms with Gasteiger partial charge in [-0.15, -0.1) is 0 Å². The number of hydrogen-bond acceptors (Lipinski definition) is 4. The Kier molecular flexibility index (Phi) is 3.75. The fraction of sp³-hybridized carbons (Fsp3) is 0.600. The van der Waals surface area contributed by atoms with Crippen LogP contribution in [0.2, 0.25) is 5.15 Å². The Hall–Kier alpha value is -0.870. The molecule has 4 nitrogen and oxygen atoms in total. The number of halogens is 1. The molecule has 0 aromatic carbocycles. The lowest BCUT2D eigenvalue weighted by Gasteiger charge is -2.10. The van der Waals surface area contributed by atoms with Crippen LogP contribution in [-0.2, 0) is 4.74 Å². The molecule has 1 aliphatic heterocycles. The van der Waals surface area contributed by atoms with Crippen molar-refractivity contribution in [2.24, 2.45) is 0 Å². The molecule has 1 N–H and O–H groups in total. The summed E-state index contributed by atoms with van der Waals surface area (Å²) in [6.45, 7) is 1.77. The summed E-state index contributed by atoms with van der Waals surface area (Å²) in [6.07, 6.45) is 5.24. The maximum atomic E-state index is 5.74. The summed E-state index contributed by atoms with van der Waals surface area (Å²) in [5.41, 5.74) is 0. The van der Waals surface area contributed by atoms with Gasteiger partial charge < -0.3 is 10.1 Å². The zero-order valence-corrected chi connectivity index (χ0v) is 9.20. The average Bonchev–Trinajstić information content (AvgIpc) is 2.71. The predicted octanol–water partition coefficient (Wildman–Crippen LogP) is 2.11. The van der Waals surface area contributed by atoms with Gasteiger partial charge in [0, 0.05) is 19.2 Å². The quantitative estimate of drug-likeness (QED) is 0.801. The van der Waals surface area contributed by atoms with E-state index in [1.165, 1.54) is 19.2 Å². The van der Waals surface area contributed by atoms with Crippen LogP contribution in [0, 0.1) is 0 Å². The van der Waals surface area contributed by atoms with Crippen molar-refractivity contribution in [3.05, 3.63) is 17.5 Å². The number of anilines is 1. The Morgan fingerprint density at radius 2 is 2.47 bits per heavy atom. The van der Waals surface area contributed by atoms with Crippen molar-refractivity contribution in [2.45, 2.75) is 25.4 Å². The minimum absolute atomic E-state index is 0.412. The topological polar surface area (TPSA) is 47.0 Å². The van der Waals surface area contributed by atoms with Crippen LogP contribution < -0.4 is 5.32 Å². The molecular formula is C10H14ClN3O. The second-order valence-corrected chi connectivity index (χ2v) is 3.96. The molecule has 15 heavy (non-hydrogen) atoms. The first-order chi connectivity index (χ1) is 7.34. The normalized spacial score (nSPS) is 20.5. The molecule has 5 heteroatoms. The highest BCUT2D eigenvalue weighted by atomic mass is 35.5. The lowest BCUT2D eigenvalue weighted by molar-refractivity contribution is 0.107. The fourth-order valence-corrected chi connectivity index (χ4v) is 1.81. The Morgan fingerprint density at radius 1 is 1.53 bits per heavy atom. The van der Waals surface area contributed by atoms with Gasteiger partial charge in [0.15, 0.2) is 0 Å². The van der Waals surface area contributed by atoms with Gasteiger partial charge in [-0.05, 0) is 19.3 Å². The van der Waals surface area contributed by atoms with Crippen LogP contribution >= 0.6 is 11.6 Å². The molecule has 2 rings (SSSR count). The summed E-state index contributed by atoms with van der Waals surface area (Å²) >= 11 is 5.74. The summed E-state index contributed by atoms with van der Waals surface area (Å²) in [5, 5.41) is 3.66. The van der Waals surface area contributed by atoms with Crippen molar-refractivity contribution in [1.29, 1.82) is 0 Å². The van der Waals surface area contributed by atoms with E-state index in [2.05, 4.69) is 15.3 Å². The molecule has 1 atom stereocenters. The molecule has 0 saturated carbocycles. The molecule has 1 aliphatic rings. The van der Waals surface area contributed by atoms with E-state index in [4.69, 9.17) is 16.3 Å². The van der Waals surface area contributed by atoms with Gasteiger partial charge in [-0.1, -0.05) is 11.6 Å². The molecule has 82 valence electrons. The number of ether oxygens (including phenoxy) is 1. The van der Waals surface area contributed by atoms with E-state index in [0.717, 1.165) is 25.4 Å². The van der Waals surface area contributed by atoms with Gasteiger partial charge in [0.05, 0.1) is 6.10 Å². The molecular weight excluding hydrogens is 214 g/mol. The van der Waals surface area contributed by atoms with Crippen molar-refractivity contribution < 1.29 is 4.74 Å². The minimum atomic E-state index is 0.412. The summed E-state index contributed by atoms with van der Waals surface area (Å²) < 4.78 is 5.52. The van der Waals surface area contributed by atoms with Crippen molar-refractivity contribution in [1.82, 2.24) is 9.97 Å². The highest BCUT2D eigenvalue weighted by molar-refractivity contribution is 6.29. The SMILES string of the molecule is Clc1cc(NCCC2CCCO2)ncn1. The first-order valence-electron chi connectivity index (χ1n) is 5.17. The standard InChI is InChI=1S/C10H14ClN3O/c11-9-6-10(14-7-13-9)12-4-3-8-2-1-5-15-8/h6-8H,1-5H2,(H,12,13,14). The van der Waals surface area contributed by atoms with Crippen LogP contribution in [0.1, 0.15) is 19.3 Å². The zero-order chi connectivity index (χ0) is 10.5. The predicted molar refractivity (Wildman–Crippen MR) is 59.1 cm³/mol. The fourth-order valence-electron chi connectivity index (χ4n) is 1.66. The third-order valence-electron chi connectivity index (χ3n) is 2.43. The summed E-state index contributed by atoms with van der Waals surface area (Å²) in [7, 11) is 0. The van der Waals surface area contributed by atoms with Gasteiger partial charge >= 0.3 is 0 Å².